The van der Waals surface area contributed by atoms with Crippen LogP contribution in [0.5, 0.6) is 0 Å². The van der Waals surface area contributed by atoms with Gasteiger partial charge in [0.25, 0.3) is 0 Å². The van der Waals surface area contributed by atoms with E-state index in [-0.39, 0.29) is 0 Å². The molecule has 0 aromatic heterocycles. The highest BCUT2D eigenvalue weighted by Gasteiger charge is 2.01. The third kappa shape index (κ3) is 1.45. The minimum atomic E-state index is -0.774. The molecule has 0 amide bonds. The van der Waals surface area contributed by atoms with E-state index in [1.165, 1.54) is 4.90 Å². The first kappa shape index (κ1) is 2.03. The molecule has 1 rings (SSSR count). The molecule has 0 radical (unpaired) electrons. The lowest BCUT2D eigenvalue weighted by Crippen LogP contribution is -2.40. The van der Waals surface area contributed by atoms with Gasteiger partial charge in [0.2, 0.25) is 0 Å². The highest BCUT2D eigenvalue weighted by molar-refractivity contribution is 4.62. The van der Waals surface area contributed by atoms with Gasteiger partial charge in [-0.15, -0.1) is 0 Å². The van der Waals surface area contributed by atoms with Crippen LogP contribution in [0.1, 0.15) is 5.48 Å². The lowest BCUT2D eigenvalue weighted by atomic mass is 10.4. The Kier molecular flexibility index (Phi) is 0.664. The van der Waals surface area contributed by atoms with E-state index < -0.39 is 26.1 Å². The number of nitrogens with one attached hydrogen (secondary N) is 1. The minimum absolute atomic E-state index is 0.737. The van der Waals surface area contributed by atoms with Crippen LogP contribution >= 0.6 is 0 Å². The molecule has 1 aliphatic rings. The van der Waals surface area contributed by atoms with Crippen molar-refractivity contribution in [3.8, 4) is 0 Å². The average molecular weight is 104 g/mol. The Morgan fingerprint density at radius 2 is 2.14 bits per heavy atom. The Balaban J connectivity index is 2.63. The molecule has 0 aliphatic carbocycles. The zero-order valence-corrected chi connectivity index (χ0v) is 4.26. The van der Waals surface area contributed by atoms with E-state index >= 15 is 0 Å². The van der Waals surface area contributed by atoms with Gasteiger partial charge in [-0.05, 0) is 7.05 Å². The van der Waals surface area contributed by atoms with Crippen LogP contribution in [0.4, 0.5) is 0 Å². The van der Waals surface area contributed by atoms with Gasteiger partial charge in [0.1, 0.15) is 0 Å². The standard InChI is InChI=1S/C5H12N2/c1-7-4-2-6-3-5-7/h6H,2-5H2,1H3/i2D,3D,4D,5D. The fourth-order valence-electron chi connectivity index (χ4n) is 0.426. The molecule has 0 saturated carbocycles. The molecule has 1 heterocycles. The lowest BCUT2D eigenvalue weighted by molar-refractivity contribution is 0.291. The molecule has 0 spiro atoms. The monoisotopic (exact) mass is 104 g/mol. The van der Waals surface area contributed by atoms with E-state index in [4.69, 9.17) is 5.48 Å². The molecule has 0 aromatic rings. The Labute approximate surface area is 50.1 Å². The summed E-state index contributed by atoms with van der Waals surface area (Å²) in [5.41, 5.74) is 0. The number of likely N-dealkylation sites (N-methyl/N-ethyl adjacent to an activating group) is 1. The number of nitrogens with zero attached hydrogens (tertiary/aromatic N) is 1. The van der Waals surface area contributed by atoms with Gasteiger partial charge in [-0.25, -0.2) is 0 Å². The minimum Gasteiger partial charge on any atom is -0.314 e. The summed E-state index contributed by atoms with van der Waals surface area (Å²) < 4.78 is 29.3. The number of hydrogen-bond acceptors (Lipinski definition) is 2. The van der Waals surface area contributed by atoms with Gasteiger partial charge in [0.15, 0.2) is 0 Å². The smallest absolute Gasteiger partial charge is 0.0444 e. The maximum absolute atomic E-state index is 7.38. The van der Waals surface area contributed by atoms with E-state index in [0.29, 0.717) is 0 Å². The molecule has 1 N–H and O–H groups in total. The first-order valence-corrected chi connectivity index (χ1v) is 2.21. The topological polar surface area (TPSA) is 15.3 Å². The molecule has 0 aromatic carbocycles. The third-order valence-corrected chi connectivity index (χ3v) is 0.812. The molecule has 2 heteroatoms. The van der Waals surface area contributed by atoms with Crippen molar-refractivity contribution in [1.82, 2.24) is 10.2 Å². The average Bonchev–Trinajstić information content (AvgIpc) is 1.97. The molecule has 0 bridgehead atoms. The van der Waals surface area contributed by atoms with Crippen LogP contribution in [0.25, 0.3) is 0 Å². The molecule has 1 saturated heterocycles. The SMILES string of the molecule is [2H]C1NC([2H])C([2H])N(C)C1[2H]. The zero-order valence-electron chi connectivity index (χ0n) is 8.26. The first-order valence-electron chi connectivity index (χ1n) is 4.52. The molecular weight excluding hydrogens is 88.1 g/mol. The van der Waals surface area contributed by atoms with E-state index in [2.05, 4.69) is 5.32 Å². The van der Waals surface area contributed by atoms with Crippen LogP contribution in [-0.2, 0) is 0 Å². The van der Waals surface area contributed by atoms with Crippen LogP contribution in [0.2, 0.25) is 0 Å². The molecule has 1 aliphatic heterocycles. The molecule has 42 valence electrons. The fraction of sp³-hybridized carbons (Fsp3) is 1.00. The summed E-state index contributed by atoms with van der Waals surface area (Å²) in [5.74, 6) is 0. The van der Waals surface area contributed by atoms with Gasteiger partial charge in [0, 0.05) is 31.6 Å². The van der Waals surface area contributed by atoms with Gasteiger partial charge >= 0.3 is 0 Å². The summed E-state index contributed by atoms with van der Waals surface area (Å²) in [4.78, 5) is 1.41. The summed E-state index contributed by atoms with van der Waals surface area (Å²) in [7, 11) is 1.60. The van der Waals surface area contributed by atoms with Crippen molar-refractivity contribution in [2.24, 2.45) is 0 Å². The number of rotatable bonds is 0. The maximum atomic E-state index is 7.38. The molecule has 1 fully saturated rings. The Hall–Kier alpha value is -0.0800. The summed E-state index contributed by atoms with van der Waals surface area (Å²) in [5, 5.41) is 2.53. The molecule has 7 heavy (non-hydrogen) atoms. The van der Waals surface area contributed by atoms with Crippen LogP contribution in [0, 0.1) is 0 Å². The van der Waals surface area contributed by atoms with Crippen molar-refractivity contribution in [3.63, 3.8) is 0 Å². The molecular formula is C5H12N2. The van der Waals surface area contributed by atoms with Crippen LogP contribution in [-0.4, -0.2) is 38.0 Å². The second kappa shape index (κ2) is 2.28. The summed E-state index contributed by atoms with van der Waals surface area (Å²) in [6, 6.07) is 0. The second-order valence-electron chi connectivity index (χ2n) is 1.46. The summed E-state index contributed by atoms with van der Waals surface area (Å²) in [6.07, 6.45) is 0. The molecule has 2 nitrogen and oxygen atoms in total. The molecule has 4 unspecified atom stereocenters. The van der Waals surface area contributed by atoms with Crippen molar-refractivity contribution in [2.45, 2.75) is 0 Å². The highest BCUT2D eigenvalue weighted by atomic mass is 15.2. The van der Waals surface area contributed by atoms with E-state index in [1.807, 2.05) is 0 Å². The number of hydrogen-bond donors (Lipinski definition) is 1. The van der Waals surface area contributed by atoms with E-state index in [1.54, 1.807) is 7.05 Å². The third-order valence-electron chi connectivity index (χ3n) is 0.812. The van der Waals surface area contributed by atoms with Gasteiger partial charge in [-0.2, -0.15) is 0 Å². The van der Waals surface area contributed by atoms with Crippen LogP contribution in [0.15, 0.2) is 0 Å². The van der Waals surface area contributed by atoms with Gasteiger partial charge in [0.05, 0.1) is 0 Å². The van der Waals surface area contributed by atoms with Gasteiger partial charge in [-0.1, -0.05) is 0 Å². The van der Waals surface area contributed by atoms with Gasteiger partial charge < -0.3 is 10.2 Å². The largest absolute Gasteiger partial charge is 0.314 e. The predicted octanol–water partition coefficient (Wildman–Crippen LogP) is -0.479. The van der Waals surface area contributed by atoms with E-state index in [9.17, 15) is 0 Å². The summed E-state index contributed by atoms with van der Waals surface area (Å²) >= 11 is 0. The lowest BCUT2D eigenvalue weighted by Gasteiger charge is -2.21. The second-order valence-corrected chi connectivity index (χ2v) is 1.46. The van der Waals surface area contributed by atoms with Crippen molar-refractivity contribution >= 4 is 0 Å². The van der Waals surface area contributed by atoms with Gasteiger partial charge in [-0.3, -0.25) is 0 Å². The highest BCUT2D eigenvalue weighted by Crippen LogP contribution is 1.82. The Morgan fingerprint density at radius 1 is 1.57 bits per heavy atom. The van der Waals surface area contributed by atoms with Crippen LogP contribution < -0.4 is 5.32 Å². The normalized spacial score (nSPS) is 75.6. The number of piperazine rings is 1. The van der Waals surface area contributed by atoms with Crippen molar-refractivity contribution in [3.05, 3.63) is 0 Å². The zero-order chi connectivity index (χ0) is 8.59. The Morgan fingerprint density at radius 3 is 2.71 bits per heavy atom. The predicted molar refractivity (Wildman–Crippen MR) is 30.4 cm³/mol. The van der Waals surface area contributed by atoms with Crippen molar-refractivity contribution < 1.29 is 5.48 Å². The maximum Gasteiger partial charge on any atom is 0.0444 e. The quantitative estimate of drug-likeness (QED) is 0.446. The van der Waals surface area contributed by atoms with Crippen molar-refractivity contribution in [1.29, 1.82) is 0 Å². The van der Waals surface area contributed by atoms with Crippen molar-refractivity contribution in [2.75, 3.05) is 33.1 Å². The van der Waals surface area contributed by atoms with E-state index in [0.717, 1.165) is 0 Å². The first-order chi connectivity index (χ1) is 5.04. The summed E-state index contributed by atoms with van der Waals surface area (Å²) in [6.45, 7) is -3.02. The van der Waals surface area contributed by atoms with Crippen LogP contribution in [0.3, 0.4) is 0 Å². The fourth-order valence-corrected chi connectivity index (χ4v) is 0.426. The molecule has 4 atom stereocenters. The Bertz CT molecular complexity index is 130.